The van der Waals surface area contributed by atoms with E-state index in [1.807, 2.05) is 13.0 Å². The molecule has 0 spiro atoms. The van der Waals surface area contributed by atoms with Crippen LogP contribution in [0.3, 0.4) is 0 Å². The molecule has 5 heteroatoms. The van der Waals surface area contributed by atoms with Gasteiger partial charge in [0.2, 0.25) is 5.91 Å². The van der Waals surface area contributed by atoms with Crippen molar-refractivity contribution in [2.24, 2.45) is 0 Å². The van der Waals surface area contributed by atoms with Gasteiger partial charge in [-0.2, -0.15) is 0 Å². The number of aliphatic hydroxyl groups is 3. The van der Waals surface area contributed by atoms with Crippen molar-refractivity contribution in [2.75, 3.05) is 6.61 Å². The van der Waals surface area contributed by atoms with Crippen molar-refractivity contribution in [3.05, 3.63) is 36.5 Å². The molecule has 4 N–H and O–H groups in total. The number of hydrogen-bond acceptors (Lipinski definition) is 4. The molecule has 0 fully saturated rings. The van der Waals surface area contributed by atoms with Gasteiger partial charge < -0.3 is 20.6 Å². The molecule has 0 rings (SSSR count). The first-order chi connectivity index (χ1) is 22.5. The predicted molar refractivity (Wildman–Crippen MR) is 199 cm³/mol. The molecule has 0 saturated heterocycles. The lowest BCUT2D eigenvalue weighted by atomic mass is 10.0. The van der Waals surface area contributed by atoms with Crippen LogP contribution in [0.2, 0.25) is 0 Å². The van der Waals surface area contributed by atoms with Gasteiger partial charge in [-0.25, -0.2) is 0 Å². The molecule has 5 nitrogen and oxygen atoms in total. The summed E-state index contributed by atoms with van der Waals surface area (Å²) >= 11 is 0. The number of hydrogen-bond donors (Lipinski definition) is 4. The lowest BCUT2D eigenvalue weighted by Crippen LogP contribution is -2.45. The van der Waals surface area contributed by atoms with Gasteiger partial charge in [0.1, 0.15) is 0 Å². The summed E-state index contributed by atoms with van der Waals surface area (Å²) in [4.78, 5) is 12.3. The molecular weight excluding hydrogens is 570 g/mol. The maximum atomic E-state index is 12.3. The molecule has 0 saturated carbocycles. The van der Waals surface area contributed by atoms with Crippen LogP contribution in [-0.4, -0.2) is 46.1 Å². The molecule has 0 bridgehead atoms. The Labute approximate surface area is 285 Å². The molecule has 270 valence electrons. The van der Waals surface area contributed by atoms with E-state index >= 15 is 0 Å². The van der Waals surface area contributed by atoms with E-state index in [4.69, 9.17) is 0 Å². The van der Waals surface area contributed by atoms with Crippen LogP contribution >= 0.6 is 0 Å². The van der Waals surface area contributed by atoms with Crippen molar-refractivity contribution >= 4 is 5.91 Å². The van der Waals surface area contributed by atoms with Crippen LogP contribution in [0.4, 0.5) is 0 Å². The maximum Gasteiger partial charge on any atom is 0.222 e. The quantitative estimate of drug-likeness (QED) is 0.0407. The third-order valence-corrected chi connectivity index (χ3v) is 9.00. The Morgan fingerprint density at radius 1 is 0.587 bits per heavy atom. The first-order valence-electron chi connectivity index (χ1n) is 19.7. The Kier molecular flexibility index (Phi) is 35.3. The zero-order valence-corrected chi connectivity index (χ0v) is 30.5. The van der Waals surface area contributed by atoms with Crippen LogP contribution in [0.1, 0.15) is 194 Å². The van der Waals surface area contributed by atoms with E-state index < -0.39 is 18.2 Å². The van der Waals surface area contributed by atoms with Crippen molar-refractivity contribution in [1.29, 1.82) is 0 Å². The SMILES string of the molecule is C/C=C/CC/C=C/CC/C=C/C(O)C(CO)NC(=O)CC(O)CCCCCCCCCCCCCCCCCCCCCCCC. The molecule has 0 aliphatic heterocycles. The first-order valence-corrected chi connectivity index (χ1v) is 19.7. The predicted octanol–water partition coefficient (Wildman–Crippen LogP) is 10.8. The van der Waals surface area contributed by atoms with Gasteiger partial charge in [-0.15, -0.1) is 0 Å². The zero-order chi connectivity index (χ0) is 33.8. The van der Waals surface area contributed by atoms with Crippen LogP contribution in [0.15, 0.2) is 36.5 Å². The lowest BCUT2D eigenvalue weighted by molar-refractivity contribution is -0.124. The molecule has 0 aliphatic rings. The Hall–Kier alpha value is -1.43. The molecule has 0 radical (unpaired) electrons. The van der Waals surface area contributed by atoms with Gasteiger partial charge in [-0.1, -0.05) is 185 Å². The summed E-state index contributed by atoms with van der Waals surface area (Å²) in [5, 5.41) is 32.9. The van der Waals surface area contributed by atoms with Gasteiger partial charge in [-0.05, 0) is 39.0 Å². The number of unbranched alkanes of at least 4 members (excludes halogenated alkanes) is 23. The topological polar surface area (TPSA) is 89.8 Å². The highest BCUT2D eigenvalue weighted by atomic mass is 16.3. The Morgan fingerprint density at radius 3 is 1.39 bits per heavy atom. The molecule has 3 atom stereocenters. The van der Waals surface area contributed by atoms with Gasteiger partial charge in [0, 0.05) is 0 Å². The van der Waals surface area contributed by atoms with Crippen molar-refractivity contribution in [3.8, 4) is 0 Å². The highest BCUT2D eigenvalue weighted by Crippen LogP contribution is 2.16. The summed E-state index contributed by atoms with van der Waals surface area (Å²) in [6.07, 6.45) is 44.5. The Morgan fingerprint density at radius 2 is 0.978 bits per heavy atom. The second-order valence-corrected chi connectivity index (χ2v) is 13.5. The van der Waals surface area contributed by atoms with E-state index in [9.17, 15) is 20.1 Å². The van der Waals surface area contributed by atoms with Gasteiger partial charge in [0.15, 0.2) is 0 Å². The molecule has 46 heavy (non-hydrogen) atoms. The Balaban J connectivity index is 3.59. The fourth-order valence-electron chi connectivity index (χ4n) is 5.97. The second kappa shape index (κ2) is 36.4. The number of carbonyl (C=O) groups excluding carboxylic acids is 1. The van der Waals surface area contributed by atoms with E-state index in [2.05, 4.69) is 36.5 Å². The van der Waals surface area contributed by atoms with Gasteiger partial charge in [0.25, 0.3) is 0 Å². The molecule has 0 aromatic carbocycles. The van der Waals surface area contributed by atoms with Crippen molar-refractivity contribution in [1.82, 2.24) is 5.32 Å². The van der Waals surface area contributed by atoms with Gasteiger partial charge in [0.05, 0.1) is 31.3 Å². The number of rotatable bonds is 35. The number of allylic oxidation sites excluding steroid dienone is 5. The average molecular weight is 648 g/mol. The summed E-state index contributed by atoms with van der Waals surface area (Å²) in [6, 6.07) is -0.762. The summed E-state index contributed by atoms with van der Waals surface area (Å²) in [5.74, 6) is -0.332. The molecule has 3 unspecified atom stereocenters. The number of amides is 1. The van der Waals surface area contributed by atoms with Crippen molar-refractivity contribution in [2.45, 2.75) is 212 Å². The number of aliphatic hydroxyl groups excluding tert-OH is 3. The third-order valence-electron chi connectivity index (χ3n) is 9.00. The van der Waals surface area contributed by atoms with Gasteiger partial charge in [-0.3, -0.25) is 4.79 Å². The number of carbonyl (C=O) groups is 1. The highest BCUT2D eigenvalue weighted by molar-refractivity contribution is 5.76. The fraction of sp³-hybridized carbons (Fsp3) is 0.829. The normalized spacial score (nSPS) is 14.1. The van der Waals surface area contributed by atoms with E-state index in [1.165, 1.54) is 128 Å². The number of nitrogens with one attached hydrogen (secondary N) is 1. The molecule has 0 aromatic heterocycles. The monoisotopic (exact) mass is 648 g/mol. The molecule has 1 amide bonds. The minimum atomic E-state index is -0.955. The van der Waals surface area contributed by atoms with Crippen LogP contribution in [0.5, 0.6) is 0 Å². The minimum Gasteiger partial charge on any atom is -0.394 e. The molecule has 0 heterocycles. The first kappa shape index (κ1) is 44.6. The maximum absolute atomic E-state index is 12.3. The van der Waals surface area contributed by atoms with E-state index in [0.29, 0.717) is 6.42 Å². The standard InChI is InChI=1S/C41H77NO4/c1-3-5-7-9-11-13-14-15-16-17-18-19-20-21-22-23-24-25-27-28-30-32-34-38(44)36-41(46)42-39(37-43)40(45)35-33-31-29-26-12-10-8-6-4-2/h4,6,12,26,33,35,38-40,43-45H,3,5,7-11,13-25,27-32,34,36-37H2,1-2H3,(H,42,46)/b6-4+,26-12+,35-33+. The lowest BCUT2D eigenvalue weighted by Gasteiger charge is -2.21. The van der Waals surface area contributed by atoms with E-state index in [-0.39, 0.29) is 18.9 Å². The minimum absolute atomic E-state index is 0.00417. The largest absolute Gasteiger partial charge is 0.394 e. The Bertz CT molecular complexity index is 719. The van der Waals surface area contributed by atoms with E-state index in [0.717, 1.165) is 38.5 Å². The van der Waals surface area contributed by atoms with Crippen molar-refractivity contribution < 1.29 is 20.1 Å². The summed E-state index contributed by atoms with van der Waals surface area (Å²) in [6.45, 7) is 3.96. The van der Waals surface area contributed by atoms with Crippen LogP contribution in [0.25, 0.3) is 0 Å². The fourth-order valence-corrected chi connectivity index (χ4v) is 5.97. The van der Waals surface area contributed by atoms with Crippen molar-refractivity contribution in [3.63, 3.8) is 0 Å². The van der Waals surface area contributed by atoms with Crippen LogP contribution < -0.4 is 5.32 Å². The molecule has 0 aromatic rings. The summed E-state index contributed by atoms with van der Waals surface area (Å²) in [5.41, 5.74) is 0. The smallest absolute Gasteiger partial charge is 0.222 e. The molecular formula is C41H77NO4. The second-order valence-electron chi connectivity index (χ2n) is 13.5. The van der Waals surface area contributed by atoms with Gasteiger partial charge >= 0.3 is 0 Å². The third kappa shape index (κ3) is 32.5. The van der Waals surface area contributed by atoms with Crippen LogP contribution in [0, 0.1) is 0 Å². The molecule has 0 aliphatic carbocycles. The zero-order valence-electron chi connectivity index (χ0n) is 30.5. The van der Waals surface area contributed by atoms with Crippen LogP contribution in [-0.2, 0) is 4.79 Å². The summed E-state index contributed by atoms with van der Waals surface area (Å²) in [7, 11) is 0. The summed E-state index contributed by atoms with van der Waals surface area (Å²) < 4.78 is 0. The highest BCUT2D eigenvalue weighted by Gasteiger charge is 2.20. The van der Waals surface area contributed by atoms with E-state index in [1.54, 1.807) is 6.08 Å². The average Bonchev–Trinajstić information content (AvgIpc) is 3.05.